The Bertz CT molecular complexity index is 175. The minimum Gasteiger partial charge on any atom is -0.370 e. The number of nitrogens with one attached hydrogen (secondary N) is 2. The SMILES string of the molecule is CC(C)(C)[C@H]1C[C@@H](NC(=N)N)C1. The molecule has 4 N–H and O–H groups in total. The van der Waals surface area contributed by atoms with Crippen LogP contribution in [0.2, 0.25) is 0 Å². The van der Waals surface area contributed by atoms with Crippen molar-refractivity contribution in [3.8, 4) is 0 Å². The van der Waals surface area contributed by atoms with Gasteiger partial charge in [-0.1, -0.05) is 20.8 Å². The van der Waals surface area contributed by atoms with Gasteiger partial charge in [-0.15, -0.1) is 0 Å². The molecule has 0 atom stereocenters. The maximum Gasteiger partial charge on any atom is 0.185 e. The summed E-state index contributed by atoms with van der Waals surface area (Å²) in [5, 5.41) is 9.99. The lowest BCUT2D eigenvalue weighted by Crippen LogP contribution is -2.49. The molecule has 1 fully saturated rings. The quantitative estimate of drug-likeness (QED) is 0.409. The fourth-order valence-electron chi connectivity index (χ4n) is 1.66. The van der Waals surface area contributed by atoms with E-state index < -0.39 is 0 Å². The van der Waals surface area contributed by atoms with Crippen molar-refractivity contribution in [3.05, 3.63) is 0 Å². The first-order valence-electron chi connectivity index (χ1n) is 4.50. The van der Waals surface area contributed by atoms with E-state index in [1.165, 1.54) is 0 Å². The maximum atomic E-state index is 7.05. The van der Waals surface area contributed by atoms with Gasteiger partial charge in [0.05, 0.1) is 0 Å². The van der Waals surface area contributed by atoms with E-state index >= 15 is 0 Å². The molecule has 0 aromatic carbocycles. The van der Waals surface area contributed by atoms with Crippen LogP contribution >= 0.6 is 0 Å². The van der Waals surface area contributed by atoms with E-state index in [1.807, 2.05) is 0 Å². The summed E-state index contributed by atoms with van der Waals surface area (Å²) in [5.41, 5.74) is 5.64. The van der Waals surface area contributed by atoms with Gasteiger partial charge in [0.25, 0.3) is 0 Å². The highest BCUT2D eigenvalue weighted by molar-refractivity contribution is 5.74. The van der Waals surface area contributed by atoms with Crippen molar-refractivity contribution >= 4 is 5.96 Å². The second-order valence-electron chi connectivity index (χ2n) is 4.79. The first-order chi connectivity index (χ1) is 5.39. The van der Waals surface area contributed by atoms with Crippen LogP contribution in [0.5, 0.6) is 0 Å². The lowest BCUT2D eigenvalue weighted by Gasteiger charge is -2.44. The Morgan fingerprint density at radius 1 is 1.42 bits per heavy atom. The van der Waals surface area contributed by atoms with Gasteiger partial charge in [0.2, 0.25) is 0 Å². The Morgan fingerprint density at radius 2 is 1.92 bits per heavy atom. The molecular weight excluding hydrogens is 150 g/mol. The van der Waals surface area contributed by atoms with Crippen molar-refractivity contribution in [1.29, 1.82) is 5.41 Å². The molecule has 0 heterocycles. The van der Waals surface area contributed by atoms with Crippen LogP contribution in [-0.2, 0) is 0 Å². The summed E-state index contributed by atoms with van der Waals surface area (Å²) in [7, 11) is 0. The van der Waals surface area contributed by atoms with Gasteiger partial charge in [-0.25, -0.2) is 0 Å². The zero-order valence-electron chi connectivity index (χ0n) is 8.15. The number of nitrogens with two attached hydrogens (primary N) is 1. The molecule has 0 amide bonds. The molecule has 1 saturated carbocycles. The molecule has 0 aromatic rings. The van der Waals surface area contributed by atoms with Crippen molar-refractivity contribution in [2.24, 2.45) is 17.1 Å². The normalized spacial score (nSPS) is 29.2. The van der Waals surface area contributed by atoms with Gasteiger partial charge < -0.3 is 11.1 Å². The predicted octanol–water partition coefficient (Wildman–Crippen LogP) is 1.29. The molecule has 12 heavy (non-hydrogen) atoms. The van der Waals surface area contributed by atoms with Gasteiger partial charge in [-0.2, -0.15) is 0 Å². The Hall–Kier alpha value is -0.730. The fourth-order valence-corrected chi connectivity index (χ4v) is 1.66. The molecule has 0 spiro atoms. The lowest BCUT2D eigenvalue weighted by atomic mass is 9.66. The van der Waals surface area contributed by atoms with E-state index in [9.17, 15) is 0 Å². The molecule has 0 radical (unpaired) electrons. The van der Waals surface area contributed by atoms with E-state index in [1.54, 1.807) is 0 Å². The highest BCUT2D eigenvalue weighted by Crippen LogP contribution is 2.41. The van der Waals surface area contributed by atoms with Crippen molar-refractivity contribution in [1.82, 2.24) is 5.32 Å². The molecule has 0 aromatic heterocycles. The van der Waals surface area contributed by atoms with Crippen molar-refractivity contribution in [3.63, 3.8) is 0 Å². The number of guanidine groups is 1. The van der Waals surface area contributed by atoms with Crippen LogP contribution < -0.4 is 11.1 Å². The Morgan fingerprint density at radius 3 is 2.25 bits per heavy atom. The van der Waals surface area contributed by atoms with E-state index in [0.717, 1.165) is 18.8 Å². The van der Waals surface area contributed by atoms with Crippen LogP contribution in [-0.4, -0.2) is 12.0 Å². The molecule has 70 valence electrons. The zero-order chi connectivity index (χ0) is 9.35. The maximum absolute atomic E-state index is 7.05. The molecule has 3 heteroatoms. The Balaban J connectivity index is 2.25. The highest BCUT2D eigenvalue weighted by atomic mass is 15.1. The van der Waals surface area contributed by atoms with Crippen molar-refractivity contribution < 1.29 is 0 Å². The molecule has 0 unspecified atom stereocenters. The van der Waals surface area contributed by atoms with Gasteiger partial charge in [0.15, 0.2) is 5.96 Å². The molecule has 1 rings (SSSR count). The molecule has 1 aliphatic carbocycles. The molecule has 3 nitrogen and oxygen atoms in total. The summed E-state index contributed by atoms with van der Waals surface area (Å²) in [5.74, 6) is 0.890. The zero-order valence-corrected chi connectivity index (χ0v) is 8.15. The molecular formula is C9H19N3. The average Bonchev–Trinajstić information content (AvgIpc) is 1.73. The molecule has 0 aliphatic heterocycles. The average molecular weight is 169 g/mol. The van der Waals surface area contributed by atoms with Crippen LogP contribution in [0.4, 0.5) is 0 Å². The summed E-state index contributed by atoms with van der Waals surface area (Å²) >= 11 is 0. The number of rotatable bonds is 1. The largest absolute Gasteiger partial charge is 0.370 e. The van der Waals surface area contributed by atoms with Crippen LogP contribution in [0.25, 0.3) is 0 Å². The second kappa shape index (κ2) is 2.96. The smallest absolute Gasteiger partial charge is 0.185 e. The standard InChI is InChI=1S/C9H19N3/c1-9(2,3)6-4-7(5-6)12-8(10)11/h6-7H,4-5H2,1-3H3,(H4,10,11,12)/t6-,7+. The van der Waals surface area contributed by atoms with Gasteiger partial charge in [0.1, 0.15) is 0 Å². The predicted molar refractivity (Wildman–Crippen MR) is 51.0 cm³/mol. The third kappa shape index (κ3) is 2.13. The van der Waals surface area contributed by atoms with Crippen molar-refractivity contribution in [2.75, 3.05) is 0 Å². The number of hydrogen-bond donors (Lipinski definition) is 3. The first-order valence-corrected chi connectivity index (χ1v) is 4.50. The highest BCUT2D eigenvalue weighted by Gasteiger charge is 2.37. The van der Waals surface area contributed by atoms with Gasteiger partial charge in [-0.05, 0) is 24.2 Å². The van der Waals surface area contributed by atoms with Gasteiger partial charge >= 0.3 is 0 Å². The summed E-state index contributed by atoms with van der Waals surface area (Å²) in [4.78, 5) is 0. The lowest BCUT2D eigenvalue weighted by molar-refractivity contribution is 0.108. The summed E-state index contributed by atoms with van der Waals surface area (Å²) < 4.78 is 0. The third-order valence-corrected chi connectivity index (χ3v) is 2.72. The van der Waals surface area contributed by atoms with E-state index in [-0.39, 0.29) is 5.96 Å². The monoisotopic (exact) mass is 169 g/mol. The van der Waals surface area contributed by atoms with Gasteiger partial charge in [-0.3, -0.25) is 5.41 Å². The summed E-state index contributed by atoms with van der Waals surface area (Å²) in [6.07, 6.45) is 2.31. The van der Waals surface area contributed by atoms with E-state index in [2.05, 4.69) is 26.1 Å². The van der Waals surface area contributed by atoms with E-state index in [4.69, 9.17) is 11.1 Å². The second-order valence-corrected chi connectivity index (χ2v) is 4.79. The molecule has 0 bridgehead atoms. The Labute approximate surface area is 74.2 Å². The van der Waals surface area contributed by atoms with Crippen LogP contribution in [0.15, 0.2) is 0 Å². The minimum atomic E-state index is 0.104. The van der Waals surface area contributed by atoms with E-state index in [0.29, 0.717) is 11.5 Å². The first kappa shape index (κ1) is 9.36. The van der Waals surface area contributed by atoms with Crippen LogP contribution in [0.3, 0.4) is 0 Å². The molecule has 0 saturated heterocycles. The summed E-state index contributed by atoms with van der Waals surface area (Å²) in [6, 6.07) is 0.451. The number of hydrogen-bond acceptors (Lipinski definition) is 1. The summed E-state index contributed by atoms with van der Waals surface area (Å²) in [6.45, 7) is 6.80. The third-order valence-electron chi connectivity index (χ3n) is 2.72. The Kier molecular flexibility index (Phi) is 2.31. The van der Waals surface area contributed by atoms with Crippen LogP contribution in [0.1, 0.15) is 33.6 Å². The van der Waals surface area contributed by atoms with Crippen molar-refractivity contribution in [2.45, 2.75) is 39.7 Å². The van der Waals surface area contributed by atoms with Gasteiger partial charge in [0, 0.05) is 6.04 Å². The topological polar surface area (TPSA) is 61.9 Å². The fraction of sp³-hybridized carbons (Fsp3) is 0.889. The molecule has 1 aliphatic rings. The van der Waals surface area contributed by atoms with Crippen LogP contribution in [0, 0.1) is 16.7 Å². The minimum absolute atomic E-state index is 0.104.